The number of aliphatic carboxylic acids is 1. The van der Waals surface area contributed by atoms with Gasteiger partial charge in [0.15, 0.2) is 0 Å². The van der Waals surface area contributed by atoms with Crippen molar-refractivity contribution in [1.82, 2.24) is 9.80 Å². The highest BCUT2D eigenvalue weighted by atomic mass is 32.1. The Labute approximate surface area is 117 Å². The van der Waals surface area contributed by atoms with Crippen molar-refractivity contribution in [2.24, 2.45) is 0 Å². The van der Waals surface area contributed by atoms with Crippen molar-refractivity contribution in [2.45, 2.75) is 32.9 Å². The summed E-state index contributed by atoms with van der Waals surface area (Å²) in [4.78, 5) is 26.2. The first kappa shape index (κ1) is 15.5. The number of hydrogen-bond acceptors (Lipinski definition) is 3. The molecule has 1 aromatic rings. The molecule has 0 saturated carbocycles. The average molecular weight is 284 g/mol. The van der Waals surface area contributed by atoms with Crippen molar-refractivity contribution in [1.29, 1.82) is 0 Å². The maximum absolute atomic E-state index is 12.3. The third-order valence-electron chi connectivity index (χ3n) is 2.91. The molecule has 1 aromatic heterocycles. The van der Waals surface area contributed by atoms with Crippen molar-refractivity contribution in [3.63, 3.8) is 0 Å². The lowest BCUT2D eigenvalue weighted by molar-refractivity contribution is -0.138. The molecule has 1 unspecified atom stereocenters. The molecule has 0 aliphatic carbocycles. The summed E-state index contributed by atoms with van der Waals surface area (Å²) in [5.74, 6) is -0.890. The van der Waals surface area contributed by atoms with Gasteiger partial charge < -0.3 is 14.9 Å². The molecule has 6 heteroatoms. The maximum Gasteiger partial charge on any atom is 0.320 e. The van der Waals surface area contributed by atoms with Crippen LogP contribution in [0.25, 0.3) is 0 Å². The van der Waals surface area contributed by atoms with Crippen LogP contribution in [0.3, 0.4) is 0 Å². The molecular weight excluding hydrogens is 264 g/mol. The molecule has 2 amide bonds. The third kappa shape index (κ3) is 4.55. The monoisotopic (exact) mass is 284 g/mol. The van der Waals surface area contributed by atoms with E-state index in [1.54, 1.807) is 35.1 Å². The molecule has 1 rings (SSSR count). The van der Waals surface area contributed by atoms with Gasteiger partial charge in [-0.15, -0.1) is 0 Å². The lowest BCUT2D eigenvalue weighted by atomic mass is 10.2. The number of rotatable bonds is 6. The minimum Gasteiger partial charge on any atom is -0.481 e. The smallest absolute Gasteiger partial charge is 0.320 e. The van der Waals surface area contributed by atoms with Crippen molar-refractivity contribution in [3.8, 4) is 0 Å². The van der Waals surface area contributed by atoms with Crippen LogP contribution < -0.4 is 0 Å². The first-order valence-corrected chi connectivity index (χ1v) is 7.14. The van der Waals surface area contributed by atoms with Crippen LogP contribution in [-0.4, -0.2) is 46.5 Å². The van der Waals surface area contributed by atoms with E-state index in [-0.39, 0.29) is 18.5 Å². The molecule has 0 radical (unpaired) electrons. The molecule has 0 saturated heterocycles. The summed E-state index contributed by atoms with van der Waals surface area (Å²) in [5, 5.41) is 12.8. The van der Waals surface area contributed by atoms with Crippen LogP contribution in [0.1, 0.15) is 25.8 Å². The van der Waals surface area contributed by atoms with Gasteiger partial charge in [-0.3, -0.25) is 4.79 Å². The first-order chi connectivity index (χ1) is 8.95. The van der Waals surface area contributed by atoms with Crippen LogP contribution in [0, 0.1) is 0 Å². The molecule has 0 aliphatic rings. The molecule has 0 aromatic carbocycles. The van der Waals surface area contributed by atoms with Crippen molar-refractivity contribution in [3.05, 3.63) is 22.4 Å². The molecule has 1 N–H and O–H groups in total. The van der Waals surface area contributed by atoms with E-state index in [0.717, 1.165) is 5.56 Å². The SMILES string of the molecule is CCN(C(=O)N(C)Cc1ccsc1)C(C)CC(=O)O. The van der Waals surface area contributed by atoms with E-state index in [1.807, 2.05) is 23.8 Å². The van der Waals surface area contributed by atoms with E-state index in [1.165, 1.54) is 0 Å². The molecular formula is C13H20N2O3S. The van der Waals surface area contributed by atoms with Crippen LogP contribution in [0.15, 0.2) is 16.8 Å². The van der Waals surface area contributed by atoms with Crippen molar-refractivity contribution in [2.75, 3.05) is 13.6 Å². The van der Waals surface area contributed by atoms with E-state index in [4.69, 9.17) is 5.11 Å². The van der Waals surface area contributed by atoms with Crippen LogP contribution >= 0.6 is 11.3 Å². The summed E-state index contributed by atoms with van der Waals surface area (Å²) in [6.07, 6.45) is -0.0358. The van der Waals surface area contributed by atoms with E-state index >= 15 is 0 Å². The zero-order valence-electron chi connectivity index (χ0n) is 11.5. The molecule has 0 aliphatic heterocycles. The second kappa shape index (κ2) is 7.13. The highest BCUT2D eigenvalue weighted by Crippen LogP contribution is 2.12. The Hall–Kier alpha value is -1.56. The number of carbonyl (C=O) groups is 2. The third-order valence-corrected chi connectivity index (χ3v) is 3.65. The van der Waals surface area contributed by atoms with Crippen LogP contribution in [0.4, 0.5) is 4.79 Å². The van der Waals surface area contributed by atoms with Crippen molar-refractivity contribution < 1.29 is 14.7 Å². The molecule has 0 fully saturated rings. The Morgan fingerprint density at radius 2 is 2.16 bits per heavy atom. The average Bonchev–Trinajstić information content (AvgIpc) is 2.81. The van der Waals surface area contributed by atoms with Crippen LogP contribution in [0.2, 0.25) is 0 Å². The van der Waals surface area contributed by atoms with E-state index in [2.05, 4.69) is 0 Å². The Balaban J connectivity index is 2.64. The van der Waals surface area contributed by atoms with Gasteiger partial charge in [-0.2, -0.15) is 11.3 Å². The van der Waals surface area contributed by atoms with Gasteiger partial charge in [-0.1, -0.05) is 0 Å². The minimum absolute atomic E-state index is 0.0358. The normalized spacial score (nSPS) is 11.9. The topological polar surface area (TPSA) is 60.9 Å². The van der Waals surface area contributed by atoms with E-state index in [0.29, 0.717) is 13.1 Å². The zero-order chi connectivity index (χ0) is 14.4. The van der Waals surface area contributed by atoms with Gasteiger partial charge in [0.1, 0.15) is 0 Å². The summed E-state index contributed by atoms with van der Waals surface area (Å²) in [6.45, 7) is 4.66. The maximum atomic E-state index is 12.3. The van der Waals surface area contributed by atoms with E-state index in [9.17, 15) is 9.59 Å². The predicted octanol–water partition coefficient (Wildman–Crippen LogP) is 2.49. The molecule has 0 bridgehead atoms. The molecule has 19 heavy (non-hydrogen) atoms. The lowest BCUT2D eigenvalue weighted by Gasteiger charge is -2.31. The molecule has 5 nitrogen and oxygen atoms in total. The second-order valence-corrected chi connectivity index (χ2v) is 5.28. The number of thiophene rings is 1. The molecule has 0 spiro atoms. The van der Waals surface area contributed by atoms with Crippen LogP contribution in [0.5, 0.6) is 0 Å². The van der Waals surface area contributed by atoms with E-state index < -0.39 is 5.97 Å². The number of urea groups is 1. The summed E-state index contributed by atoms with van der Waals surface area (Å²) in [7, 11) is 1.73. The largest absolute Gasteiger partial charge is 0.481 e. The standard InChI is InChI=1S/C13H20N2O3S/c1-4-15(10(2)7-12(16)17)13(18)14(3)8-11-5-6-19-9-11/h5-6,9-10H,4,7-8H2,1-3H3,(H,16,17). The van der Waals surface area contributed by atoms with Gasteiger partial charge in [0.05, 0.1) is 6.42 Å². The van der Waals surface area contributed by atoms with Gasteiger partial charge in [-0.05, 0) is 36.2 Å². The number of carboxylic acids is 1. The number of nitrogens with zero attached hydrogens (tertiary/aromatic N) is 2. The Kier molecular flexibility index (Phi) is 5.82. The van der Waals surface area contributed by atoms with Gasteiger partial charge in [0.2, 0.25) is 0 Å². The summed E-state index contributed by atoms with van der Waals surface area (Å²) in [6, 6.07) is 1.54. The lowest BCUT2D eigenvalue weighted by Crippen LogP contribution is -2.46. The Morgan fingerprint density at radius 3 is 2.63 bits per heavy atom. The highest BCUT2D eigenvalue weighted by Gasteiger charge is 2.23. The van der Waals surface area contributed by atoms with Gasteiger partial charge in [0.25, 0.3) is 0 Å². The fourth-order valence-electron chi connectivity index (χ4n) is 1.94. The summed E-state index contributed by atoms with van der Waals surface area (Å²) in [5.41, 5.74) is 1.09. The summed E-state index contributed by atoms with van der Waals surface area (Å²) < 4.78 is 0. The Bertz CT molecular complexity index is 420. The molecule has 1 heterocycles. The number of carboxylic acid groups (broad SMARTS) is 1. The van der Waals surface area contributed by atoms with Crippen molar-refractivity contribution >= 4 is 23.3 Å². The molecule has 106 valence electrons. The zero-order valence-corrected chi connectivity index (χ0v) is 12.3. The fraction of sp³-hybridized carbons (Fsp3) is 0.538. The number of amides is 2. The Morgan fingerprint density at radius 1 is 1.47 bits per heavy atom. The predicted molar refractivity (Wildman–Crippen MR) is 75.3 cm³/mol. The molecule has 1 atom stereocenters. The first-order valence-electron chi connectivity index (χ1n) is 6.20. The highest BCUT2D eigenvalue weighted by molar-refractivity contribution is 7.07. The second-order valence-electron chi connectivity index (χ2n) is 4.50. The summed E-state index contributed by atoms with van der Waals surface area (Å²) >= 11 is 1.59. The van der Waals surface area contributed by atoms with Gasteiger partial charge in [-0.25, -0.2) is 4.79 Å². The number of hydrogen-bond donors (Lipinski definition) is 1. The fourth-order valence-corrected chi connectivity index (χ4v) is 2.60. The van der Waals surface area contributed by atoms with Crippen LogP contribution in [-0.2, 0) is 11.3 Å². The van der Waals surface area contributed by atoms with Gasteiger partial charge >= 0.3 is 12.0 Å². The number of carbonyl (C=O) groups excluding carboxylic acids is 1. The minimum atomic E-state index is -0.890. The quantitative estimate of drug-likeness (QED) is 0.873. The van der Waals surface area contributed by atoms with Gasteiger partial charge in [0, 0.05) is 26.2 Å².